The molecular formula is C19H16F3NO2. The maximum Gasteiger partial charge on any atom is 0.408 e. The Kier molecular flexibility index (Phi) is 4.53. The van der Waals surface area contributed by atoms with Crippen LogP contribution in [0.4, 0.5) is 13.2 Å². The van der Waals surface area contributed by atoms with Crippen molar-refractivity contribution in [2.24, 2.45) is 0 Å². The number of alkyl halides is 3. The van der Waals surface area contributed by atoms with Gasteiger partial charge in [-0.3, -0.25) is 4.79 Å². The molecule has 0 radical (unpaired) electrons. The highest BCUT2D eigenvalue weighted by Crippen LogP contribution is 2.35. The second kappa shape index (κ2) is 6.63. The summed E-state index contributed by atoms with van der Waals surface area (Å²) >= 11 is 0. The molecule has 0 saturated heterocycles. The summed E-state index contributed by atoms with van der Waals surface area (Å²) in [5, 5.41) is 1.99. The molecule has 0 bridgehead atoms. The highest BCUT2D eigenvalue weighted by molar-refractivity contribution is 6.01. The van der Waals surface area contributed by atoms with E-state index in [1.165, 1.54) is 0 Å². The minimum atomic E-state index is -4.52. The van der Waals surface area contributed by atoms with E-state index in [9.17, 15) is 18.0 Å². The Morgan fingerprint density at radius 1 is 1.04 bits per heavy atom. The number of rotatable bonds is 3. The minimum Gasteiger partial charge on any atom is -0.451 e. The molecule has 1 heterocycles. The summed E-state index contributed by atoms with van der Waals surface area (Å²) < 4.78 is 45.1. The van der Waals surface area contributed by atoms with Gasteiger partial charge in [0.15, 0.2) is 5.76 Å². The molecule has 1 atom stereocenters. The van der Waals surface area contributed by atoms with Gasteiger partial charge in [-0.15, -0.1) is 0 Å². The van der Waals surface area contributed by atoms with Crippen LogP contribution in [0.3, 0.4) is 0 Å². The van der Waals surface area contributed by atoms with Crippen molar-refractivity contribution in [3.05, 3.63) is 71.5 Å². The number of hydrogen-bond donors (Lipinski definition) is 1. The van der Waals surface area contributed by atoms with E-state index in [1.807, 2.05) is 12.2 Å². The van der Waals surface area contributed by atoms with Gasteiger partial charge in [-0.05, 0) is 24.6 Å². The lowest BCUT2D eigenvalue weighted by molar-refractivity contribution is -0.161. The Balaban J connectivity index is 2.05. The molecule has 1 aliphatic rings. The van der Waals surface area contributed by atoms with Crippen molar-refractivity contribution in [2.45, 2.75) is 25.6 Å². The van der Waals surface area contributed by atoms with Crippen molar-refractivity contribution in [3.8, 4) is 5.75 Å². The number of nitrogens with one attached hydrogen (secondary N) is 1. The second-order valence-electron chi connectivity index (χ2n) is 5.86. The van der Waals surface area contributed by atoms with Crippen molar-refractivity contribution >= 4 is 11.5 Å². The van der Waals surface area contributed by atoms with E-state index in [-0.39, 0.29) is 17.8 Å². The number of halogens is 3. The van der Waals surface area contributed by atoms with Gasteiger partial charge in [-0.1, -0.05) is 48.0 Å². The molecule has 0 aliphatic carbocycles. The maximum absolute atomic E-state index is 13.1. The molecule has 0 saturated carbocycles. The van der Waals surface area contributed by atoms with Gasteiger partial charge in [0.1, 0.15) is 11.8 Å². The predicted octanol–water partition coefficient (Wildman–Crippen LogP) is 4.24. The van der Waals surface area contributed by atoms with Gasteiger partial charge < -0.3 is 10.1 Å². The standard InChI is InChI=1S/C19H16F3NO2/c1-12-7-9-13(10-8-12)15-11-16(19(20,21)22)23-18(24)17(15)25-14-5-3-2-4-6-14/h2-10,16H,11H2,1H3,(H,23,24). The number of para-hydroxylation sites is 1. The molecule has 3 rings (SSSR count). The van der Waals surface area contributed by atoms with E-state index in [4.69, 9.17) is 4.74 Å². The zero-order valence-electron chi connectivity index (χ0n) is 13.4. The molecular weight excluding hydrogens is 331 g/mol. The quantitative estimate of drug-likeness (QED) is 0.902. The first-order valence-electron chi connectivity index (χ1n) is 7.75. The zero-order chi connectivity index (χ0) is 18.0. The lowest BCUT2D eigenvalue weighted by Crippen LogP contribution is -2.49. The zero-order valence-corrected chi connectivity index (χ0v) is 13.4. The number of amides is 1. The van der Waals surface area contributed by atoms with Crippen molar-refractivity contribution in [2.75, 3.05) is 0 Å². The van der Waals surface area contributed by atoms with Gasteiger partial charge in [0, 0.05) is 12.0 Å². The van der Waals surface area contributed by atoms with Gasteiger partial charge >= 0.3 is 6.18 Å². The van der Waals surface area contributed by atoms with Crippen LogP contribution < -0.4 is 10.1 Å². The Morgan fingerprint density at radius 2 is 1.68 bits per heavy atom. The summed E-state index contributed by atoms with van der Waals surface area (Å²) in [6.45, 7) is 1.88. The molecule has 0 fully saturated rings. The Morgan fingerprint density at radius 3 is 2.28 bits per heavy atom. The van der Waals surface area contributed by atoms with E-state index in [2.05, 4.69) is 0 Å². The van der Waals surface area contributed by atoms with Gasteiger partial charge in [0.05, 0.1) is 0 Å². The van der Waals surface area contributed by atoms with Crippen LogP contribution >= 0.6 is 0 Å². The van der Waals surface area contributed by atoms with Crippen LogP contribution in [0.2, 0.25) is 0 Å². The molecule has 1 amide bonds. The first kappa shape index (κ1) is 17.1. The van der Waals surface area contributed by atoms with Gasteiger partial charge in [-0.25, -0.2) is 0 Å². The average molecular weight is 347 g/mol. The number of aryl methyl sites for hydroxylation is 1. The number of carbonyl (C=O) groups excluding carboxylic acids is 1. The number of benzene rings is 2. The Hall–Kier alpha value is -2.76. The largest absolute Gasteiger partial charge is 0.451 e. The maximum atomic E-state index is 13.1. The van der Waals surface area contributed by atoms with Crippen LogP contribution in [-0.4, -0.2) is 18.1 Å². The SMILES string of the molecule is Cc1ccc(C2=C(Oc3ccccc3)C(=O)NC(C(F)(F)F)C2)cc1. The molecule has 3 nitrogen and oxygen atoms in total. The van der Waals surface area contributed by atoms with Gasteiger partial charge in [0.25, 0.3) is 5.91 Å². The fourth-order valence-corrected chi connectivity index (χ4v) is 2.62. The van der Waals surface area contributed by atoms with E-state index >= 15 is 0 Å². The third kappa shape index (κ3) is 3.84. The summed E-state index contributed by atoms with van der Waals surface area (Å²) in [5.41, 5.74) is 1.76. The van der Waals surface area contributed by atoms with Crippen LogP contribution in [0.25, 0.3) is 5.57 Å². The van der Waals surface area contributed by atoms with Crippen molar-refractivity contribution < 1.29 is 22.7 Å². The number of carbonyl (C=O) groups is 1. The van der Waals surface area contributed by atoms with Crippen LogP contribution in [-0.2, 0) is 4.79 Å². The predicted molar refractivity (Wildman–Crippen MR) is 87.8 cm³/mol. The summed E-state index contributed by atoms with van der Waals surface area (Å²) in [5.74, 6) is -0.578. The van der Waals surface area contributed by atoms with E-state index < -0.39 is 18.1 Å². The molecule has 25 heavy (non-hydrogen) atoms. The van der Waals surface area contributed by atoms with Crippen molar-refractivity contribution in [1.82, 2.24) is 5.32 Å². The fraction of sp³-hybridized carbons (Fsp3) is 0.211. The molecule has 1 unspecified atom stereocenters. The molecule has 0 aromatic heterocycles. The molecule has 1 N–H and O–H groups in total. The van der Waals surface area contributed by atoms with Gasteiger partial charge in [-0.2, -0.15) is 13.2 Å². The van der Waals surface area contributed by atoms with E-state index in [1.54, 1.807) is 54.6 Å². The van der Waals surface area contributed by atoms with Crippen LogP contribution in [0.1, 0.15) is 17.5 Å². The molecule has 2 aromatic rings. The Labute approximate surface area is 143 Å². The monoisotopic (exact) mass is 347 g/mol. The highest BCUT2D eigenvalue weighted by atomic mass is 19.4. The van der Waals surface area contributed by atoms with E-state index in [0.717, 1.165) is 5.56 Å². The van der Waals surface area contributed by atoms with Crippen molar-refractivity contribution in [1.29, 1.82) is 0 Å². The third-order valence-corrected chi connectivity index (χ3v) is 3.95. The minimum absolute atomic E-state index is 0.101. The topological polar surface area (TPSA) is 38.3 Å². The van der Waals surface area contributed by atoms with Crippen LogP contribution in [0.15, 0.2) is 60.4 Å². The van der Waals surface area contributed by atoms with E-state index in [0.29, 0.717) is 11.3 Å². The second-order valence-corrected chi connectivity index (χ2v) is 5.86. The smallest absolute Gasteiger partial charge is 0.408 e. The fourth-order valence-electron chi connectivity index (χ4n) is 2.62. The summed E-state index contributed by atoms with van der Waals surface area (Å²) in [4.78, 5) is 12.3. The van der Waals surface area contributed by atoms with Crippen LogP contribution in [0.5, 0.6) is 5.75 Å². The Bertz CT molecular complexity index is 796. The average Bonchev–Trinajstić information content (AvgIpc) is 2.57. The first-order valence-corrected chi connectivity index (χ1v) is 7.75. The lowest BCUT2D eigenvalue weighted by atomic mass is 9.93. The molecule has 130 valence electrons. The first-order chi connectivity index (χ1) is 11.8. The molecule has 6 heteroatoms. The molecule has 2 aromatic carbocycles. The summed E-state index contributed by atoms with van der Waals surface area (Å²) in [6.07, 6.45) is -4.90. The summed E-state index contributed by atoms with van der Waals surface area (Å²) in [6, 6.07) is 13.6. The van der Waals surface area contributed by atoms with Crippen LogP contribution in [0, 0.1) is 6.92 Å². The highest BCUT2D eigenvalue weighted by Gasteiger charge is 2.45. The number of ether oxygens (including phenoxy) is 1. The normalized spacial score (nSPS) is 18.1. The molecule has 1 aliphatic heterocycles. The summed E-state index contributed by atoms with van der Waals surface area (Å²) in [7, 11) is 0. The lowest BCUT2D eigenvalue weighted by Gasteiger charge is -2.29. The number of hydrogen-bond acceptors (Lipinski definition) is 2. The third-order valence-electron chi connectivity index (χ3n) is 3.95. The van der Waals surface area contributed by atoms with Gasteiger partial charge in [0.2, 0.25) is 0 Å². The van der Waals surface area contributed by atoms with Crippen molar-refractivity contribution in [3.63, 3.8) is 0 Å². The molecule has 0 spiro atoms.